The molecule has 0 radical (unpaired) electrons. The number of hydrogen-bond donors (Lipinski definition) is 0. The third-order valence-electron chi connectivity index (χ3n) is 3.97. The van der Waals surface area contributed by atoms with E-state index in [1.807, 2.05) is 18.2 Å². The van der Waals surface area contributed by atoms with Gasteiger partial charge >= 0.3 is 0 Å². The fourth-order valence-electron chi connectivity index (χ4n) is 2.66. The van der Waals surface area contributed by atoms with E-state index < -0.39 is 0 Å². The summed E-state index contributed by atoms with van der Waals surface area (Å²) in [7, 11) is 0. The van der Waals surface area contributed by atoms with Crippen LogP contribution in [0, 0.1) is 5.82 Å². The first kappa shape index (κ1) is 17.6. The number of halogens is 2. The maximum Gasteiger partial charge on any atom is 0.261 e. The largest absolute Gasteiger partial charge is 0.278 e. The fraction of sp³-hybridized carbons (Fsp3) is 0.0500. The van der Waals surface area contributed by atoms with Crippen molar-refractivity contribution in [1.29, 1.82) is 0 Å². The molecule has 27 heavy (non-hydrogen) atoms. The maximum absolute atomic E-state index is 13.5. The lowest BCUT2D eigenvalue weighted by Crippen LogP contribution is -2.30. The van der Waals surface area contributed by atoms with E-state index in [0.29, 0.717) is 31.6 Å². The third-order valence-corrected chi connectivity index (χ3v) is 5.34. The van der Waals surface area contributed by atoms with E-state index in [1.54, 1.807) is 36.5 Å². The van der Waals surface area contributed by atoms with Crippen molar-refractivity contribution < 1.29 is 9.18 Å². The van der Waals surface area contributed by atoms with E-state index in [2.05, 4.69) is 9.97 Å². The Hall–Kier alpha value is -2.83. The van der Waals surface area contributed by atoms with Crippen molar-refractivity contribution in [2.45, 2.75) is 6.54 Å². The summed E-state index contributed by atoms with van der Waals surface area (Å²) in [6.07, 6.45) is 1.67. The monoisotopic (exact) mass is 397 g/mol. The van der Waals surface area contributed by atoms with Gasteiger partial charge in [0.05, 0.1) is 33.0 Å². The molecule has 0 aliphatic heterocycles. The Bertz CT molecular complexity index is 1120. The zero-order valence-electron chi connectivity index (χ0n) is 14.0. The van der Waals surface area contributed by atoms with Crippen LogP contribution in [-0.2, 0) is 6.54 Å². The molecule has 0 aliphatic carbocycles. The van der Waals surface area contributed by atoms with Gasteiger partial charge in [0.15, 0.2) is 5.13 Å². The molecule has 4 aromatic rings. The fourth-order valence-corrected chi connectivity index (χ4v) is 3.87. The van der Waals surface area contributed by atoms with Crippen LogP contribution in [0.25, 0.3) is 10.2 Å². The Morgan fingerprint density at radius 1 is 1.11 bits per heavy atom. The van der Waals surface area contributed by atoms with Gasteiger partial charge in [-0.3, -0.25) is 14.7 Å². The van der Waals surface area contributed by atoms with E-state index in [9.17, 15) is 9.18 Å². The van der Waals surface area contributed by atoms with Gasteiger partial charge in [-0.25, -0.2) is 9.37 Å². The molecule has 2 aromatic heterocycles. The molecule has 7 heteroatoms. The van der Waals surface area contributed by atoms with Crippen LogP contribution in [-0.4, -0.2) is 15.9 Å². The summed E-state index contributed by atoms with van der Waals surface area (Å²) in [5.41, 5.74) is 1.72. The van der Waals surface area contributed by atoms with Crippen molar-refractivity contribution in [2.24, 2.45) is 0 Å². The van der Waals surface area contributed by atoms with Crippen molar-refractivity contribution in [1.82, 2.24) is 9.97 Å². The number of benzene rings is 2. The van der Waals surface area contributed by atoms with Crippen molar-refractivity contribution in [2.75, 3.05) is 4.90 Å². The predicted octanol–water partition coefficient (Wildman–Crippen LogP) is 5.33. The highest BCUT2D eigenvalue weighted by Crippen LogP contribution is 2.32. The van der Waals surface area contributed by atoms with Crippen LogP contribution in [0.4, 0.5) is 9.52 Å². The van der Waals surface area contributed by atoms with Gasteiger partial charge in [-0.2, -0.15) is 0 Å². The normalized spacial score (nSPS) is 10.9. The predicted molar refractivity (Wildman–Crippen MR) is 106 cm³/mol. The second kappa shape index (κ2) is 7.42. The lowest BCUT2D eigenvalue weighted by Gasteiger charge is -2.20. The number of nitrogens with zero attached hydrogens (tertiary/aromatic N) is 3. The molecule has 1 amide bonds. The Morgan fingerprint density at radius 3 is 2.70 bits per heavy atom. The zero-order chi connectivity index (χ0) is 18.8. The van der Waals surface area contributed by atoms with E-state index in [-0.39, 0.29) is 18.3 Å². The molecule has 0 saturated carbocycles. The molecule has 2 heterocycles. The van der Waals surface area contributed by atoms with Gasteiger partial charge in [-0.1, -0.05) is 41.1 Å². The second-order valence-corrected chi connectivity index (χ2v) is 7.22. The van der Waals surface area contributed by atoms with Crippen LogP contribution in [0.2, 0.25) is 5.02 Å². The molecular formula is C20H13ClFN3OS. The molecule has 4 nitrogen and oxygen atoms in total. The molecule has 0 fully saturated rings. The average Bonchev–Trinajstić information content (AvgIpc) is 3.09. The lowest BCUT2D eigenvalue weighted by atomic mass is 10.2. The van der Waals surface area contributed by atoms with Crippen molar-refractivity contribution in [3.63, 3.8) is 0 Å². The number of anilines is 1. The van der Waals surface area contributed by atoms with Crippen molar-refractivity contribution >= 4 is 44.2 Å². The molecule has 4 rings (SSSR count). The highest BCUT2D eigenvalue weighted by Gasteiger charge is 2.23. The molecule has 0 N–H and O–H groups in total. The molecule has 0 atom stereocenters. The highest BCUT2D eigenvalue weighted by molar-refractivity contribution is 7.22. The molecular weight excluding hydrogens is 385 g/mol. The number of carbonyl (C=O) groups is 1. The summed E-state index contributed by atoms with van der Waals surface area (Å²) in [4.78, 5) is 23.6. The topological polar surface area (TPSA) is 46.1 Å². The molecule has 0 bridgehead atoms. The summed E-state index contributed by atoms with van der Waals surface area (Å²) >= 11 is 7.47. The van der Waals surface area contributed by atoms with Gasteiger partial charge in [0.2, 0.25) is 0 Å². The van der Waals surface area contributed by atoms with Gasteiger partial charge in [-0.05, 0) is 42.5 Å². The van der Waals surface area contributed by atoms with Crippen molar-refractivity contribution in [3.05, 3.63) is 89.0 Å². The van der Waals surface area contributed by atoms with Gasteiger partial charge in [-0.15, -0.1) is 0 Å². The molecule has 2 aromatic carbocycles. The second-order valence-electron chi connectivity index (χ2n) is 5.80. The number of rotatable bonds is 4. The van der Waals surface area contributed by atoms with Crippen molar-refractivity contribution in [3.8, 4) is 0 Å². The minimum absolute atomic E-state index is 0.229. The minimum Gasteiger partial charge on any atom is -0.278 e. The molecule has 0 aliphatic rings. The number of carbonyl (C=O) groups excluding carboxylic acids is 1. The number of hydrogen-bond acceptors (Lipinski definition) is 4. The Labute approximate surface area is 163 Å². The average molecular weight is 398 g/mol. The van der Waals surface area contributed by atoms with Gasteiger partial charge in [0.1, 0.15) is 5.82 Å². The zero-order valence-corrected chi connectivity index (χ0v) is 15.5. The Balaban J connectivity index is 1.79. The van der Waals surface area contributed by atoms with Crippen LogP contribution in [0.15, 0.2) is 66.9 Å². The number of pyridine rings is 1. The van der Waals surface area contributed by atoms with E-state index >= 15 is 0 Å². The third kappa shape index (κ3) is 3.67. The molecule has 0 unspecified atom stereocenters. The van der Waals surface area contributed by atoms with E-state index in [1.165, 1.54) is 28.4 Å². The number of aromatic nitrogens is 2. The highest BCUT2D eigenvalue weighted by atomic mass is 35.5. The molecule has 0 spiro atoms. The Morgan fingerprint density at radius 2 is 1.93 bits per heavy atom. The first-order valence-corrected chi connectivity index (χ1v) is 9.33. The van der Waals surface area contributed by atoms with Crippen LogP contribution in [0.3, 0.4) is 0 Å². The van der Waals surface area contributed by atoms with E-state index in [0.717, 1.165) is 0 Å². The molecule has 134 valence electrons. The van der Waals surface area contributed by atoms with Gasteiger partial charge in [0.25, 0.3) is 5.91 Å². The smallest absolute Gasteiger partial charge is 0.261 e. The Kier molecular flexibility index (Phi) is 4.83. The summed E-state index contributed by atoms with van der Waals surface area (Å²) in [5, 5.41) is 0.826. The standard InChI is InChI=1S/C20H13ClFN3OS/c21-16-7-2-1-6-15(16)19(26)25(12-14-5-3-4-10-23-14)20-24-17-9-8-13(22)11-18(17)27-20/h1-11H,12H2. The SMILES string of the molecule is O=C(c1ccccc1Cl)N(Cc1ccccn1)c1nc2ccc(F)cc2s1. The minimum atomic E-state index is -0.341. The van der Waals surface area contributed by atoms with Gasteiger partial charge in [0, 0.05) is 6.20 Å². The first-order chi connectivity index (χ1) is 13.1. The van der Waals surface area contributed by atoms with Crippen LogP contribution in [0.1, 0.15) is 16.1 Å². The van der Waals surface area contributed by atoms with Crippen LogP contribution in [0.5, 0.6) is 0 Å². The summed E-state index contributed by atoms with van der Waals surface area (Å²) in [6.45, 7) is 0.229. The van der Waals surface area contributed by atoms with E-state index in [4.69, 9.17) is 11.6 Å². The number of fused-ring (bicyclic) bond motifs is 1. The molecule has 0 saturated heterocycles. The van der Waals surface area contributed by atoms with Crippen LogP contribution < -0.4 is 4.90 Å². The summed E-state index contributed by atoms with van der Waals surface area (Å²) in [6, 6.07) is 16.7. The quantitative estimate of drug-likeness (QED) is 0.467. The number of amides is 1. The lowest BCUT2D eigenvalue weighted by molar-refractivity contribution is 0.0985. The summed E-state index contributed by atoms with van der Waals surface area (Å²) in [5.74, 6) is -0.628. The summed E-state index contributed by atoms with van der Waals surface area (Å²) < 4.78 is 14.2. The van der Waals surface area contributed by atoms with Crippen LogP contribution >= 0.6 is 22.9 Å². The first-order valence-electron chi connectivity index (χ1n) is 8.14. The van der Waals surface area contributed by atoms with Gasteiger partial charge < -0.3 is 0 Å². The maximum atomic E-state index is 13.5. The number of thiazole rings is 1.